The van der Waals surface area contributed by atoms with E-state index < -0.39 is 0 Å². The summed E-state index contributed by atoms with van der Waals surface area (Å²) < 4.78 is 21.6. The van der Waals surface area contributed by atoms with Gasteiger partial charge in [-0.15, -0.1) is 11.8 Å². The van der Waals surface area contributed by atoms with Crippen molar-refractivity contribution in [3.05, 3.63) is 47.5 Å². The van der Waals surface area contributed by atoms with Crippen molar-refractivity contribution >= 4 is 17.7 Å². The van der Waals surface area contributed by atoms with Crippen LogP contribution in [0.4, 0.5) is 0 Å². The average molecular weight is 389 g/mol. The van der Waals surface area contributed by atoms with E-state index in [-0.39, 0.29) is 11.3 Å². The quantitative estimate of drug-likeness (QED) is 0.723. The molecule has 0 bridgehead atoms. The number of methoxy groups -OCH3 is 4. The normalized spacial score (nSPS) is 16.4. The van der Waals surface area contributed by atoms with Gasteiger partial charge in [-0.05, 0) is 35.9 Å². The molecule has 0 aromatic heterocycles. The molecule has 1 atom stereocenters. The van der Waals surface area contributed by atoms with E-state index in [4.69, 9.17) is 18.9 Å². The molecule has 7 heteroatoms. The summed E-state index contributed by atoms with van der Waals surface area (Å²) >= 11 is 1.58. The summed E-state index contributed by atoms with van der Waals surface area (Å²) in [6, 6.07) is 11.3. The second-order valence-corrected chi connectivity index (χ2v) is 7.08. The minimum Gasteiger partial charge on any atom is -0.497 e. The molecule has 2 aromatic rings. The number of carbonyl (C=O) groups is 1. The monoisotopic (exact) mass is 389 g/mol. The molecule has 2 aromatic carbocycles. The maximum absolute atomic E-state index is 12.6. The molecule has 1 saturated heterocycles. The molecule has 3 rings (SSSR count). The van der Waals surface area contributed by atoms with Crippen molar-refractivity contribution in [1.82, 2.24) is 4.90 Å². The third-order valence-electron chi connectivity index (χ3n) is 4.44. The fraction of sp³-hybridized carbons (Fsp3) is 0.350. The van der Waals surface area contributed by atoms with Gasteiger partial charge < -0.3 is 23.8 Å². The van der Waals surface area contributed by atoms with Crippen molar-refractivity contribution in [1.29, 1.82) is 0 Å². The van der Waals surface area contributed by atoms with Crippen LogP contribution in [0.15, 0.2) is 36.4 Å². The fourth-order valence-corrected chi connectivity index (χ4v) is 4.27. The Labute approximate surface area is 163 Å². The highest BCUT2D eigenvalue weighted by Crippen LogP contribution is 2.44. The maximum Gasteiger partial charge on any atom is 0.234 e. The Morgan fingerprint density at radius 3 is 2.19 bits per heavy atom. The topological polar surface area (TPSA) is 57.2 Å². The number of carbonyl (C=O) groups excluding carboxylic acids is 1. The van der Waals surface area contributed by atoms with Gasteiger partial charge in [-0.2, -0.15) is 0 Å². The standard InChI is InChI=1S/C20H23NO5S/c1-23-14-5-6-18(26-4)17(10-14)20-21(19(22)12-27-20)11-13-7-15(24-2)9-16(8-13)25-3/h5-10,20H,11-12H2,1-4H3. The number of benzene rings is 2. The van der Waals surface area contributed by atoms with E-state index >= 15 is 0 Å². The Balaban J connectivity index is 1.94. The van der Waals surface area contributed by atoms with Gasteiger partial charge in [0.1, 0.15) is 28.4 Å². The molecule has 1 aliphatic rings. The van der Waals surface area contributed by atoms with Gasteiger partial charge in [0, 0.05) is 18.2 Å². The summed E-state index contributed by atoms with van der Waals surface area (Å²) in [5, 5.41) is -0.153. The third kappa shape index (κ3) is 4.08. The highest BCUT2D eigenvalue weighted by atomic mass is 32.2. The van der Waals surface area contributed by atoms with Crippen molar-refractivity contribution in [3.63, 3.8) is 0 Å². The van der Waals surface area contributed by atoms with Crippen molar-refractivity contribution in [2.45, 2.75) is 11.9 Å². The Morgan fingerprint density at radius 2 is 1.59 bits per heavy atom. The number of hydrogen-bond donors (Lipinski definition) is 0. The SMILES string of the molecule is COc1cc(CN2C(=O)CSC2c2cc(OC)ccc2OC)cc(OC)c1. The lowest BCUT2D eigenvalue weighted by atomic mass is 10.1. The van der Waals surface area contributed by atoms with Crippen LogP contribution in [0.5, 0.6) is 23.0 Å². The van der Waals surface area contributed by atoms with Gasteiger partial charge in [-0.3, -0.25) is 4.79 Å². The van der Waals surface area contributed by atoms with Gasteiger partial charge in [-0.25, -0.2) is 0 Å². The van der Waals surface area contributed by atoms with Crippen molar-refractivity contribution in [2.75, 3.05) is 34.2 Å². The first kappa shape index (κ1) is 19.2. The molecule has 1 unspecified atom stereocenters. The predicted octanol–water partition coefficient (Wildman–Crippen LogP) is 3.50. The van der Waals surface area contributed by atoms with E-state index in [9.17, 15) is 4.79 Å². The Hall–Kier alpha value is -2.54. The van der Waals surface area contributed by atoms with Crippen LogP contribution in [0.1, 0.15) is 16.5 Å². The number of ether oxygens (including phenoxy) is 4. The van der Waals surface area contributed by atoms with E-state index in [0.29, 0.717) is 23.8 Å². The highest BCUT2D eigenvalue weighted by Gasteiger charge is 2.35. The van der Waals surface area contributed by atoms with Gasteiger partial charge in [0.2, 0.25) is 5.91 Å². The summed E-state index contributed by atoms with van der Waals surface area (Å²) in [7, 11) is 6.47. The zero-order valence-electron chi connectivity index (χ0n) is 15.9. The molecule has 0 radical (unpaired) electrons. The lowest BCUT2D eigenvalue weighted by Gasteiger charge is -2.26. The average Bonchev–Trinajstić information content (AvgIpc) is 3.07. The second-order valence-electron chi connectivity index (χ2n) is 6.01. The lowest BCUT2D eigenvalue weighted by Crippen LogP contribution is -2.28. The highest BCUT2D eigenvalue weighted by molar-refractivity contribution is 8.00. The molecule has 0 saturated carbocycles. The van der Waals surface area contributed by atoms with Gasteiger partial charge in [-0.1, -0.05) is 0 Å². The number of thioether (sulfide) groups is 1. The van der Waals surface area contributed by atoms with E-state index in [1.54, 1.807) is 40.2 Å². The minimum absolute atomic E-state index is 0.0802. The summed E-state index contributed by atoms with van der Waals surface area (Å²) in [4.78, 5) is 14.4. The number of nitrogens with zero attached hydrogens (tertiary/aromatic N) is 1. The number of rotatable bonds is 7. The maximum atomic E-state index is 12.6. The molecule has 1 heterocycles. The van der Waals surface area contributed by atoms with Gasteiger partial charge in [0.25, 0.3) is 0 Å². The molecule has 6 nitrogen and oxygen atoms in total. The van der Waals surface area contributed by atoms with E-state index in [1.807, 2.05) is 41.3 Å². The zero-order valence-corrected chi connectivity index (χ0v) is 16.7. The molecular weight excluding hydrogens is 366 g/mol. The first-order chi connectivity index (χ1) is 13.1. The van der Waals surface area contributed by atoms with Gasteiger partial charge >= 0.3 is 0 Å². The Morgan fingerprint density at radius 1 is 0.926 bits per heavy atom. The number of amides is 1. The van der Waals surface area contributed by atoms with Crippen LogP contribution in [0.2, 0.25) is 0 Å². The third-order valence-corrected chi connectivity index (χ3v) is 5.67. The largest absolute Gasteiger partial charge is 0.497 e. The molecule has 0 spiro atoms. The van der Waals surface area contributed by atoms with Crippen molar-refractivity contribution in [3.8, 4) is 23.0 Å². The molecule has 0 aliphatic carbocycles. The van der Waals surface area contributed by atoms with Crippen LogP contribution in [-0.2, 0) is 11.3 Å². The lowest BCUT2D eigenvalue weighted by molar-refractivity contribution is -0.128. The van der Waals surface area contributed by atoms with Crippen molar-refractivity contribution < 1.29 is 23.7 Å². The second kappa shape index (κ2) is 8.43. The number of hydrogen-bond acceptors (Lipinski definition) is 6. The smallest absolute Gasteiger partial charge is 0.234 e. The van der Waals surface area contributed by atoms with Gasteiger partial charge in [0.15, 0.2) is 0 Å². The first-order valence-corrected chi connectivity index (χ1v) is 9.49. The summed E-state index contributed by atoms with van der Waals surface area (Å²) in [6.45, 7) is 0.449. The molecule has 1 amide bonds. The van der Waals surface area contributed by atoms with Crippen LogP contribution in [-0.4, -0.2) is 45.0 Å². The van der Waals surface area contributed by atoms with Crippen LogP contribution >= 0.6 is 11.8 Å². The summed E-state index contributed by atoms with van der Waals surface area (Å²) in [5.41, 5.74) is 1.86. The Bertz CT molecular complexity index is 804. The van der Waals surface area contributed by atoms with E-state index in [1.165, 1.54) is 0 Å². The molecule has 27 heavy (non-hydrogen) atoms. The van der Waals surface area contributed by atoms with Crippen LogP contribution in [0.3, 0.4) is 0 Å². The fourth-order valence-electron chi connectivity index (χ4n) is 3.07. The van der Waals surface area contributed by atoms with Crippen LogP contribution < -0.4 is 18.9 Å². The molecule has 144 valence electrons. The van der Waals surface area contributed by atoms with Crippen molar-refractivity contribution in [2.24, 2.45) is 0 Å². The molecule has 1 fully saturated rings. The zero-order chi connectivity index (χ0) is 19.4. The first-order valence-electron chi connectivity index (χ1n) is 8.44. The predicted molar refractivity (Wildman–Crippen MR) is 105 cm³/mol. The molecular formula is C20H23NO5S. The Kier molecular flexibility index (Phi) is 6.01. The summed E-state index contributed by atoms with van der Waals surface area (Å²) in [6.07, 6.45) is 0. The van der Waals surface area contributed by atoms with E-state index in [2.05, 4.69) is 0 Å². The molecule has 1 aliphatic heterocycles. The van der Waals surface area contributed by atoms with Crippen LogP contribution in [0, 0.1) is 0 Å². The molecule has 0 N–H and O–H groups in total. The van der Waals surface area contributed by atoms with Gasteiger partial charge in [0.05, 0.1) is 34.2 Å². The minimum atomic E-state index is -0.153. The van der Waals surface area contributed by atoms with E-state index in [0.717, 1.165) is 22.6 Å². The summed E-state index contributed by atoms with van der Waals surface area (Å²) in [5.74, 6) is 3.35. The van der Waals surface area contributed by atoms with Crippen LogP contribution in [0.25, 0.3) is 0 Å².